The molecule has 1 saturated heterocycles. The Kier molecular flexibility index (Phi) is 2.54. The van der Waals surface area contributed by atoms with Crippen LogP contribution in [0, 0.1) is 5.92 Å². The molecule has 3 nitrogen and oxygen atoms in total. The van der Waals surface area contributed by atoms with Crippen LogP contribution in [0.15, 0.2) is 0 Å². The van der Waals surface area contributed by atoms with Gasteiger partial charge in [0.2, 0.25) is 0 Å². The van der Waals surface area contributed by atoms with Gasteiger partial charge in [-0.25, -0.2) is 0 Å². The maximum Gasteiger partial charge on any atom is 0.279 e. The van der Waals surface area contributed by atoms with Gasteiger partial charge in [0.15, 0.2) is 5.78 Å². The van der Waals surface area contributed by atoms with Gasteiger partial charge in [0.05, 0.1) is 6.04 Å². The lowest BCUT2D eigenvalue weighted by molar-refractivity contribution is -0.123. The molecule has 0 saturated carbocycles. The van der Waals surface area contributed by atoms with Gasteiger partial charge in [-0.1, -0.05) is 25.6 Å². The lowest BCUT2D eigenvalue weighted by Gasteiger charge is -2.09. The van der Waals surface area contributed by atoms with Crippen LogP contribution in [0.1, 0.15) is 13.8 Å². The van der Waals surface area contributed by atoms with Crippen LogP contribution in [-0.2, 0) is 4.79 Å². The molecule has 0 aromatic heterocycles. The van der Waals surface area contributed by atoms with Crippen LogP contribution in [0.2, 0.25) is 0 Å². The van der Waals surface area contributed by atoms with Gasteiger partial charge in [0, 0.05) is 11.7 Å². The van der Waals surface area contributed by atoms with E-state index in [4.69, 9.17) is 0 Å². The zero-order valence-electron chi connectivity index (χ0n) is 6.59. The van der Waals surface area contributed by atoms with Gasteiger partial charge in [0.1, 0.15) is 0 Å². The van der Waals surface area contributed by atoms with Crippen LogP contribution in [0.4, 0.5) is 4.79 Å². The van der Waals surface area contributed by atoms with Crippen LogP contribution in [-0.4, -0.2) is 22.8 Å². The quantitative estimate of drug-likeness (QED) is 0.678. The fraction of sp³-hybridized carbons (Fsp3) is 0.714. The second kappa shape index (κ2) is 3.26. The van der Waals surface area contributed by atoms with Crippen LogP contribution in [0.3, 0.4) is 0 Å². The van der Waals surface area contributed by atoms with E-state index >= 15 is 0 Å². The summed E-state index contributed by atoms with van der Waals surface area (Å²) in [5.41, 5.74) is 0. The minimum Gasteiger partial charge on any atom is -0.336 e. The molecule has 62 valence electrons. The fourth-order valence-corrected chi connectivity index (χ4v) is 1.73. The van der Waals surface area contributed by atoms with Gasteiger partial charge in [0.25, 0.3) is 5.24 Å². The highest BCUT2D eigenvalue weighted by Crippen LogP contribution is 2.15. The third-order valence-electron chi connectivity index (χ3n) is 1.59. The molecule has 0 bridgehead atoms. The van der Waals surface area contributed by atoms with Gasteiger partial charge < -0.3 is 5.32 Å². The molecular formula is C7H11NO2S. The van der Waals surface area contributed by atoms with E-state index in [0.29, 0.717) is 5.75 Å². The Morgan fingerprint density at radius 1 is 1.73 bits per heavy atom. The van der Waals surface area contributed by atoms with Crippen LogP contribution in [0.25, 0.3) is 0 Å². The number of ketones is 1. The van der Waals surface area contributed by atoms with Crippen molar-refractivity contribution in [3.8, 4) is 0 Å². The maximum absolute atomic E-state index is 11.3. The van der Waals surface area contributed by atoms with Crippen molar-refractivity contribution in [1.82, 2.24) is 5.32 Å². The van der Waals surface area contributed by atoms with Crippen LogP contribution < -0.4 is 5.32 Å². The summed E-state index contributed by atoms with van der Waals surface area (Å²) < 4.78 is 0. The molecule has 0 spiro atoms. The van der Waals surface area contributed by atoms with E-state index in [-0.39, 0.29) is 23.0 Å². The molecule has 1 atom stereocenters. The highest BCUT2D eigenvalue weighted by molar-refractivity contribution is 8.14. The zero-order valence-corrected chi connectivity index (χ0v) is 7.40. The highest BCUT2D eigenvalue weighted by Gasteiger charge is 2.28. The molecule has 11 heavy (non-hydrogen) atoms. The van der Waals surface area contributed by atoms with Crippen molar-refractivity contribution in [2.75, 3.05) is 5.75 Å². The third kappa shape index (κ3) is 1.96. The predicted octanol–water partition coefficient (Wildman–Crippen LogP) is 1.04. The number of carbonyl (C=O) groups excluding carboxylic acids is 2. The van der Waals surface area contributed by atoms with E-state index in [2.05, 4.69) is 5.32 Å². The van der Waals surface area contributed by atoms with Crippen LogP contribution >= 0.6 is 11.8 Å². The molecule has 0 radical (unpaired) electrons. The lowest BCUT2D eigenvalue weighted by atomic mass is 10.0. The summed E-state index contributed by atoms with van der Waals surface area (Å²) in [6, 6.07) is -0.243. The van der Waals surface area contributed by atoms with E-state index in [1.807, 2.05) is 13.8 Å². The maximum atomic E-state index is 11.3. The number of Topliss-reactive ketones (excluding diaryl/α,β-unsaturated/α-hetero) is 1. The second-order valence-corrected chi connectivity index (χ2v) is 3.85. The Balaban J connectivity index is 2.50. The molecule has 1 fully saturated rings. The smallest absolute Gasteiger partial charge is 0.279 e. The topological polar surface area (TPSA) is 46.2 Å². The predicted molar refractivity (Wildman–Crippen MR) is 44.6 cm³/mol. The number of carbonyl (C=O) groups is 2. The van der Waals surface area contributed by atoms with Crippen LogP contribution in [0.5, 0.6) is 0 Å². The van der Waals surface area contributed by atoms with Crippen molar-refractivity contribution in [1.29, 1.82) is 0 Å². The van der Waals surface area contributed by atoms with Crippen molar-refractivity contribution in [2.24, 2.45) is 5.92 Å². The summed E-state index contributed by atoms with van der Waals surface area (Å²) >= 11 is 1.18. The summed E-state index contributed by atoms with van der Waals surface area (Å²) in [7, 11) is 0. The molecule has 0 aromatic carbocycles. The number of hydrogen-bond acceptors (Lipinski definition) is 3. The van der Waals surface area contributed by atoms with E-state index < -0.39 is 0 Å². The molecule has 1 heterocycles. The Labute approximate surface area is 69.9 Å². The number of nitrogens with one attached hydrogen (secondary N) is 1. The molecular weight excluding hydrogens is 162 g/mol. The van der Waals surface area contributed by atoms with Gasteiger partial charge in [-0.2, -0.15) is 0 Å². The molecule has 4 heteroatoms. The summed E-state index contributed by atoms with van der Waals surface area (Å²) in [4.78, 5) is 21.9. The average Bonchev–Trinajstić information content (AvgIpc) is 2.34. The number of rotatable bonds is 2. The molecule has 1 N–H and O–H groups in total. The molecule has 0 aliphatic carbocycles. The first-order valence-electron chi connectivity index (χ1n) is 3.58. The van der Waals surface area contributed by atoms with E-state index in [9.17, 15) is 9.59 Å². The van der Waals surface area contributed by atoms with E-state index in [1.54, 1.807) is 0 Å². The third-order valence-corrected chi connectivity index (χ3v) is 2.47. The molecule has 1 unspecified atom stereocenters. The normalized spacial score (nSPS) is 23.9. The summed E-state index contributed by atoms with van der Waals surface area (Å²) in [6.07, 6.45) is 0. The summed E-state index contributed by atoms with van der Waals surface area (Å²) in [5, 5.41) is 2.53. The molecule has 1 aliphatic heterocycles. The zero-order chi connectivity index (χ0) is 8.43. The first-order chi connectivity index (χ1) is 5.11. The van der Waals surface area contributed by atoms with E-state index in [1.165, 1.54) is 11.8 Å². The fourth-order valence-electron chi connectivity index (χ4n) is 0.940. The standard InChI is InChI=1S/C7H11NO2S/c1-4(2)6(9)5-3-11-7(10)8-5/h4-5H,3H2,1-2H3,(H,8,10). The van der Waals surface area contributed by atoms with Crippen molar-refractivity contribution >= 4 is 22.8 Å². The lowest BCUT2D eigenvalue weighted by Crippen LogP contribution is -2.36. The van der Waals surface area contributed by atoms with Crippen molar-refractivity contribution < 1.29 is 9.59 Å². The van der Waals surface area contributed by atoms with E-state index in [0.717, 1.165) is 0 Å². The molecule has 1 aliphatic rings. The second-order valence-electron chi connectivity index (χ2n) is 2.85. The Bertz CT molecular complexity index is 191. The number of amides is 1. The van der Waals surface area contributed by atoms with Gasteiger partial charge in [-0.05, 0) is 0 Å². The SMILES string of the molecule is CC(C)C(=O)C1CSC(=O)N1. The minimum absolute atomic E-state index is 0.0130. The summed E-state index contributed by atoms with van der Waals surface area (Å²) in [6.45, 7) is 3.69. The largest absolute Gasteiger partial charge is 0.336 e. The summed E-state index contributed by atoms with van der Waals surface area (Å²) in [5.74, 6) is 0.734. The minimum atomic E-state index is -0.243. The average molecular weight is 173 g/mol. The van der Waals surface area contributed by atoms with Gasteiger partial charge >= 0.3 is 0 Å². The van der Waals surface area contributed by atoms with Gasteiger partial charge in [-0.3, -0.25) is 9.59 Å². The molecule has 0 aromatic rings. The first-order valence-corrected chi connectivity index (χ1v) is 4.57. The Morgan fingerprint density at radius 2 is 2.36 bits per heavy atom. The Morgan fingerprint density at radius 3 is 2.73 bits per heavy atom. The van der Waals surface area contributed by atoms with Gasteiger partial charge in [-0.15, -0.1) is 0 Å². The molecule has 1 rings (SSSR count). The van der Waals surface area contributed by atoms with Crippen molar-refractivity contribution in [3.05, 3.63) is 0 Å². The van der Waals surface area contributed by atoms with Crippen molar-refractivity contribution in [2.45, 2.75) is 19.9 Å². The Hall–Kier alpha value is -0.510. The number of thioether (sulfide) groups is 1. The first kappa shape index (κ1) is 8.59. The monoisotopic (exact) mass is 173 g/mol. The number of hydrogen-bond donors (Lipinski definition) is 1. The molecule has 1 amide bonds. The van der Waals surface area contributed by atoms with Crippen molar-refractivity contribution in [3.63, 3.8) is 0 Å². The highest BCUT2D eigenvalue weighted by atomic mass is 32.2.